The van der Waals surface area contributed by atoms with Crippen molar-refractivity contribution in [1.29, 1.82) is 0 Å². The molecule has 1 aliphatic heterocycles. The first-order valence-electron chi connectivity index (χ1n) is 6.23. The Labute approximate surface area is 120 Å². The number of hydrogen-bond donors (Lipinski definition) is 0. The third-order valence-corrected chi connectivity index (χ3v) is 5.01. The second-order valence-corrected chi connectivity index (χ2v) is 6.51. The van der Waals surface area contributed by atoms with E-state index in [0.29, 0.717) is 0 Å². The Morgan fingerprint density at radius 1 is 1.33 bits per heavy atom. The summed E-state index contributed by atoms with van der Waals surface area (Å²) in [6.07, 6.45) is 1.09. The van der Waals surface area contributed by atoms with E-state index in [0.717, 1.165) is 35.5 Å². The number of fused-ring (bicyclic) bond motifs is 1. The summed E-state index contributed by atoms with van der Waals surface area (Å²) in [6.45, 7) is 5.57. The van der Waals surface area contributed by atoms with Gasteiger partial charge in [0.15, 0.2) is 0 Å². The van der Waals surface area contributed by atoms with Crippen LogP contribution in [0.2, 0.25) is 0 Å². The van der Waals surface area contributed by atoms with Gasteiger partial charge < -0.3 is 0 Å². The molecule has 1 aromatic heterocycles. The number of likely N-dealkylation sites (N-methyl/N-ethyl adjacent to an activating group) is 1. The standard InChI is InChI=1S/C14H15BrN2S/c1-2-17-8-7-12-13(9-17)18-14(16-12)10-3-5-11(15)6-4-10/h3-6H,2,7-9H2,1H3. The van der Waals surface area contributed by atoms with E-state index in [9.17, 15) is 0 Å². The largest absolute Gasteiger partial charge is 0.298 e. The molecule has 0 saturated carbocycles. The summed E-state index contributed by atoms with van der Waals surface area (Å²) in [4.78, 5) is 8.72. The van der Waals surface area contributed by atoms with Gasteiger partial charge in [0.05, 0.1) is 5.69 Å². The van der Waals surface area contributed by atoms with Crippen LogP contribution in [-0.4, -0.2) is 23.0 Å². The van der Waals surface area contributed by atoms with E-state index in [4.69, 9.17) is 4.98 Å². The van der Waals surface area contributed by atoms with E-state index in [-0.39, 0.29) is 0 Å². The van der Waals surface area contributed by atoms with E-state index in [1.807, 2.05) is 11.3 Å². The van der Waals surface area contributed by atoms with E-state index < -0.39 is 0 Å². The number of nitrogens with zero attached hydrogens (tertiary/aromatic N) is 2. The highest BCUT2D eigenvalue weighted by Crippen LogP contribution is 2.32. The van der Waals surface area contributed by atoms with Gasteiger partial charge in [0.25, 0.3) is 0 Å². The fourth-order valence-electron chi connectivity index (χ4n) is 2.23. The predicted molar refractivity (Wildman–Crippen MR) is 79.9 cm³/mol. The topological polar surface area (TPSA) is 16.1 Å². The lowest BCUT2D eigenvalue weighted by molar-refractivity contribution is 0.270. The minimum atomic E-state index is 1.07. The summed E-state index contributed by atoms with van der Waals surface area (Å²) < 4.78 is 1.12. The third-order valence-electron chi connectivity index (χ3n) is 3.35. The summed E-state index contributed by atoms with van der Waals surface area (Å²) in [5.74, 6) is 0. The zero-order valence-corrected chi connectivity index (χ0v) is 12.7. The summed E-state index contributed by atoms with van der Waals surface area (Å²) in [5.41, 5.74) is 2.53. The highest BCUT2D eigenvalue weighted by Gasteiger charge is 2.19. The summed E-state index contributed by atoms with van der Waals surface area (Å²) in [6, 6.07) is 8.42. The maximum Gasteiger partial charge on any atom is 0.123 e. The Morgan fingerprint density at radius 2 is 2.11 bits per heavy atom. The maximum absolute atomic E-state index is 4.80. The van der Waals surface area contributed by atoms with Crippen molar-refractivity contribution in [3.05, 3.63) is 39.3 Å². The van der Waals surface area contributed by atoms with Crippen LogP contribution in [0.3, 0.4) is 0 Å². The number of rotatable bonds is 2. The van der Waals surface area contributed by atoms with Crippen molar-refractivity contribution in [3.8, 4) is 10.6 Å². The van der Waals surface area contributed by atoms with Gasteiger partial charge in [0, 0.05) is 34.4 Å². The van der Waals surface area contributed by atoms with Crippen molar-refractivity contribution in [2.75, 3.05) is 13.1 Å². The van der Waals surface area contributed by atoms with Crippen LogP contribution in [0.5, 0.6) is 0 Å². The SMILES string of the molecule is CCN1CCc2nc(-c3ccc(Br)cc3)sc2C1. The molecule has 4 heteroatoms. The zero-order valence-electron chi connectivity index (χ0n) is 10.3. The van der Waals surface area contributed by atoms with Gasteiger partial charge in [-0.2, -0.15) is 0 Å². The van der Waals surface area contributed by atoms with Gasteiger partial charge in [-0.1, -0.05) is 35.0 Å². The first-order valence-corrected chi connectivity index (χ1v) is 7.84. The minimum Gasteiger partial charge on any atom is -0.298 e. The van der Waals surface area contributed by atoms with Gasteiger partial charge in [-0.15, -0.1) is 11.3 Å². The average Bonchev–Trinajstić information content (AvgIpc) is 2.82. The summed E-state index contributed by atoms with van der Waals surface area (Å²) in [7, 11) is 0. The molecule has 1 aliphatic rings. The smallest absolute Gasteiger partial charge is 0.123 e. The number of thiazole rings is 1. The van der Waals surface area contributed by atoms with Crippen molar-refractivity contribution in [2.24, 2.45) is 0 Å². The van der Waals surface area contributed by atoms with E-state index in [1.54, 1.807) is 0 Å². The molecule has 94 valence electrons. The molecular weight excluding hydrogens is 308 g/mol. The first-order chi connectivity index (χ1) is 8.76. The molecule has 0 atom stereocenters. The minimum absolute atomic E-state index is 1.07. The van der Waals surface area contributed by atoms with Crippen LogP contribution < -0.4 is 0 Å². The fourth-order valence-corrected chi connectivity index (χ4v) is 3.65. The lowest BCUT2D eigenvalue weighted by Gasteiger charge is -2.23. The first kappa shape index (κ1) is 12.3. The molecule has 3 rings (SSSR count). The molecule has 0 unspecified atom stereocenters. The van der Waals surface area contributed by atoms with E-state index in [1.165, 1.54) is 16.1 Å². The van der Waals surface area contributed by atoms with Crippen LogP contribution in [-0.2, 0) is 13.0 Å². The summed E-state index contributed by atoms with van der Waals surface area (Å²) >= 11 is 5.31. The molecule has 1 aromatic carbocycles. The molecule has 0 N–H and O–H groups in total. The molecule has 2 nitrogen and oxygen atoms in total. The second kappa shape index (κ2) is 5.11. The van der Waals surface area contributed by atoms with Gasteiger partial charge in [-0.3, -0.25) is 4.90 Å². The number of hydrogen-bond acceptors (Lipinski definition) is 3. The average molecular weight is 323 g/mol. The Kier molecular flexibility index (Phi) is 3.50. The third kappa shape index (κ3) is 2.37. The van der Waals surface area contributed by atoms with Crippen LogP contribution in [0.15, 0.2) is 28.7 Å². The van der Waals surface area contributed by atoms with Crippen molar-refractivity contribution < 1.29 is 0 Å². The molecule has 2 aromatic rings. The van der Waals surface area contributed by atoms with Crippen LogP contribution in [0.4, 0.5) is 0 Å². The Hall–Kier alpha value is -0.710. The highest BCUT2D eigenvalue weighted by atomic mass is 79.9. The molecule has 0 fully saturated rings. The van der Waals surface area contributed by atoms with Gasteiger partial charge in [-0.05, 0) is 18.7 Å². The number of halogens is 1. The lowest BCUT2D eigenvalue weighted by atomic mass is 10.2. The van der Waals surface area contributed by atoms with Crippen molar-refractivity contribution >= 4 is 27.3 Å². The molecule has 18 heavy (non-hydrogen) atoms. The normalized spacial score (nSPS) is 15.7. The molecule has 0 saturated heterocycles. The number of aromatic nitrogens is 1. The zero-order chi connectivity index (χ0) is 12.5. The van der Waals surface area contributed by atoms with Gasteiger partial charge in [0.1, 0.15) is 5.01 Å². The van der Waals surface area contributed by atoms with Gasteiger partial charge in [0.2, 0.25) is 0 Å². The van der Waals surface area contributed by atoms with Gasteiger partial charge in [-0.25, -0.2) is 4.98 Å². The Balaban J connectivity index is 1.91. The molecule has 0 aliphatic carbocycles. The van der Waals surface area contributed by atoms with Crippen LogP contribution in [0, 0.1) is 0 Å². The monoisotopic (exact) mass is 322 g/mol. The second-order valence-electron chi connectivity index (χ2n) is 4.51. The molecule has 0 amide bonds. The quantitative estimate of drug-likeness (QED) is 0.832. The molecule has 0 radical (unpaired) electrons. The van der Waals surface area contributed by atoms with Gasteiger partial charge >= 0.3 is 0 Å². The van der Waals surface area contributed by atoms with E-state index >= 15 is 0 Å². The van der Waals surface area contributed by atoms with Crippen molar-refractivity contribution in [3.63, 3.8) is 0 Å². The maximum atomic E-state index is 4.80. The van der Waals surface area contributed by atoms with E-state index in [2.05, 4.69) is 52.0 Å². The Bertz CT molecular complexity index is 547. The van der Waals surface area contributed by atoms with Crippen LogP contribution in [0.1, 0.15) is 17.5 Å². The molecular formula is C14H15BrN2S. The number of benzene rings is 1. The van der Waals surface area contributed by atoms with Crippen molar-refractivity contribution in [1.82, 2.24) is 9.88 Å². The highest BCUT2D eigenvalue weighted by molar-refractivity contribution is 9.10. The molecule has 2 heterocycles. The molecule has 0 bridgehead atoms. The van der Waals surface area contributed by atoms with Crippen molar-refractivity contribution in [2.45, 2.75) is 19.9 Å². The summed E-state index contributed by atoms with van der Waals surface area (Å²) in [5, 5.41) is 1.16. The predicted octanol–water partition coefficient (Wildman–Crippen LogP) is 3.95. The fraction of sp³-hybridized carbons (Fsp3) is 0.357. The lowest BCUT2D eigenvalue weighted by Crippen LogP contribution is -2.29. The van der Waals surface area contributed by atoms with Crippen LogP contribution >= 0.6 is 27.3 Å². The van der Waals surface area contributed by atoms with Crippen LogP contribution in [0.25, 0.3) is 10.6 Å². The Morgan fingerprint density at radius 3 is 2.83 bits per heavy atom. The molecule has 0 spiro atoms.